The Balaban J connectivity index is 4.01. The molecule has 3 atom stereocenters. The van der Waals surface area contributed by atoms with Gasteiger partial charge < -0.3 is 26.7 Å². The zero-order valence-electron chi connectivity index (χ0n) is 9.56. The van der Waals surface area contributed by atoms with Crippen molar-refractivity contribution in [3.05, 3.63) is 0 Å². The molecule has 0 aromatic rings. The molecule has 0 aromatic carbocycles. The minimum Gasteiger partial charge on any atom is -0.391 e. The van der Waals surface area contributed by atoms with E-state index in [0.717, 1.165) is 12.8 Å². The minimum absolute atomic E-state index is 0.514. The SMILES string of the molecule is CC(O)C(N)C(=O)NC(C=O)CCCCN. The van der Waals surface area contributed by atoms with Crippen LogP contribution in [0.3, 0.4) is 0 Å². The van der Waals surface area contributed by atoms with E-state index in [4.69, 9.17) is 16.6 Å². The summed E-state index contributed by atoms with van der Waals surface area (Å²) in [6.07, 6.45) is 1.85. The first kappa shape index (κ1) is 15.0. The van der Waals surface area contributed by atoms with Gasteiger partial charge in [-0.25, -0.2) is 0 Å². The maximum absolute atomic E-state index is 11.4. The number of aliphatic hydroxyl groups excluding tert-OH is 1. The van der Waals surface area contributed by atoms with E-state index in [1.807, 2.05) is 0 Å². The number of carbonyl (C=O) groups is 2. The zero-order chi connectivity index (χ0) is 12.6. The summed E-state index contributed by atoms with van der Waals surface area (Å²) in [5, 5.41) is 11.6. The molecule has 3 unspecified atom stereocenters. The number of hydrogen-bond acceptors (Lipinski definition) is 5. The topological polar surface area (TPSA) is 118 Å². The van der Waals surface area contributed by atoms with Crippen molar-refractivity contribution in [2.75, 3.05) is 6.54 Å². The molecule has 0 spiro atoms. The van der Waals surface area contributed by atoms with Gasteiger partial charge in [0.25, 0.3) is 0 Å². The van der Waals surface area contributed by atoms with Crippen molar-refractivity contribution in [2.24, 2.45) is 11.5 Å². The van der Waals surface area contributed by atoms with Crippen LogP contribution in [-0.4, -0.2) is 42.0 Å². The van der Waals surface area contributed by atoms with Gasteiger partial charge in [0.2, 0.25) is 5.91 Å². The summed E-state index contributed by atoms with van der Waals surface area (Å²) in [6, 6.07) is -1.55. The largest absolute Gasteiger partial charge is 0.391 e. The van der Waals surface area contributed by atoms with Crippen LogP contribution in [0.1, 0.15) is 26.2 Å². The molecule has 1 amide bonds. The van der Waals surface area contributed by atoms with Crippen molar-refractivity contribution in [1.29, 1.82) is 0 Å². The summed E-state index contributed by atoms with van der Waals surface area (Å²) >= 11 is 0. The highest BCUT2D eigenvalue weighted by molar-refractivity contribution is 5.84. The van der Waals surface area contributed by atoms with Crippen LogP contribution in [0.4, 0.5) is 0 Å². The number of nitrogens with one attached hydrogen (secondary N) is 1. The average molecular weight is 231 g/mol. The van der Waals surface area contributed by atoms with Crippen molar-refractivity contribution >= 4 is 12.2 Å². The summed E-state index contributed by atoms with van der Waals surface area (Å²) in [6.45, 7) is 1.99. The van der Waals surface area contributed by atoms with Gasteiger partial charge in [-0.2, -0.15) is 0 Å². The summed E-state index contributed by atoms with van der Waals surface area (Å²) in [4.78, 5) is 22.1. The molecule has 16 heavy (non-hydrogen) atoms. The number of amides is 1. The van der Waals surface area contributed by atoms with Gasteiger partial charge in [-0.3, -0.25) is 4.79 Å². The fraction of sp³-hybridized carbons (Fsp3) is 0.800. The highest BCUT2D eigenvalue weighted by atomic mass is 16.3. The normalized spacial score (nSPS) is 16.2. The third-order valence-corrected chi connectivity index (χ3v) is 2.28. The fourth-order valence-electron chi connectivity index (χ4n) is 1.18. The van der Waals surface area contributed by atoms with E-state index in [1.54, 1.807) is 0 Å². The van der Waals surface area contributed by atoms with E-state index in [-0.39, 0.29) is 0 Å². The second kappa shape index (κ2) is 8.20. The summed E-state index contributed by atoms with van der Waals surface area (Å²) in [5.74, 6) is -0.514. The number of carbonyl (C=O) groups excluding carboxylic acids is 2. The van der Waals surface area contributed by atoms with Crippen molar-refractivity contribution in [3.8, 4) is 0 Å². The molecule has 0 saturated heterocycles. The molecular formula is C10H21N3O3. The average Bonchev–Trinajstić information content (AvgIpc) is 2.26. The Labute approximate surface area is 95.4 Å². The molecule has 6 N–H and O–H groups in total. The van der Waals surface area contributed by atoms with Gasteiger partial charge in [-0.1, -0.05) is 0 Å². The molecule has 0 rings (SSSR count). The lowest BCUT2D eigenvalue weighted by atomic mass is 10.1. The van der Waals surface area contributed by atoms with Gasteiger partial charge in [-0.05, 0) is 32.7 Å². The Kier molecular flexibility index (Phi) is 7.70. The van der Waals surface area contributed by atoms with Crippen molar-refractivity contribution < 1.29 is 14.7 Å². The van der Waals surface area contributed by atoms with Gasteiger partial charge in [0.1, 0.15) is 12.3 Å². The van der Waals surface area contributed by atoms with Gasteiger partial charge in [0, 0.05) is 0 Å². The number of unbranched alkanes of at least 4 members (excludes halogenated alkanes) is 1. The van der Waals surface area contributed by atoms with Crippen molar-refractivity contribution in [3.63, 3.8) is 0 Å². The van der Waals surface area contributed by atoms with Crippen LogP contribution in [0.15, 0.2) is 0 Å². The molecule has 6 heteroatoms. The first-order valence-corrected chi connectivity index (χ1v) is 5.42. The van der Waals surface area contributed by atoms with Crippen molar-refractivity contribution in [1.82, 2.24) is 5.32 Å². The second-order valence-electron chi connectivity index (χ2n) is 3.80. The van der Waals surface area contributed by atoms with E-state index in [9.17, 15) is 9.59 Å². The van der Waals surface area contributed by atoms with E-state index >= 15 is 0 Å². The predicted molar refractivity (Wildman–Crippen MR) is 60.6 cm³/mol. The van der Waals surface area contributed by atoms with Crippen LogP contribution >= 0.6 is 0 Å². The standard InChI is InChI=1S/C10H21N3O3/c1-7(15)9(12)10(16)13-8(6-14)4-2-3-5-11/h6-9,15H,2-5,11-12H2,1H3,(H,13,16). The summed E-state index contributed by atoms with van der Waals surface area (Å²) in [7, 11) is 0. The highest BCUT2D eigenvalue weighted by Gasteiger charge is 2.21. The quantitative estimate of drug-likeness (QED) is 0.300. The molecule has 6 nitrogen and oxygen atoms in total. The lowest BCUT2D eigenvalue weighted by molar-refractivity contribution is -0.127. The van der Waals surface area contributed by atoms with Gasteiger partial charge in [0.05, 0.1) is 12.1 Å². The third kappa shape index (κ3) is 5.79. The summed E-state index contributed by atoms with van der Waals surface area (Å²) in [5.41, 5.74) is 10.7. The lowest BCUT2D eigenvalue weighted by Gasteiger charge is -2.18. The molecule has 0 saturated carbocycles. The van der Waals surface area contributed by atoms with Gasteiger partial charge in [0.15, 0.2) is 0 Å². The van der Waals surface area contributed by atoms with E-state index < -0.39 is 24.1 Å². The van der Waals surface area contributed by atoms with E-state index in [1.165, 1.54) is 6.92 Å². The zero-order valence-corrected chi connectivity index (χ0v) is 9.56. The second-order valence-corrected chi connectivity index (χ2v) is 3.80. The molecule has 0 fully saturated rings. The number of nitrogens with two attached hydrogens (primary N) is 2. The molecule has 0 aliphatic rings. The van der Waals surface area contributed by atoms with E-state index in [0.29, 0.717) is 19.3 Å². The number of aldehydes is 1. The molecule has 0 aromatic heterocycles. The number of rotatable bonds is 8. The van der Waals surface area contributed by atoms with Crippen LogP contribution in [-0.2, 0) is 9.59 Å². The van der Waals surface area contributed by atoms with Gasteiger partial charge in [-0.15, -0.1) is 0 Å². The van der Waals surface area contributed by atoms with Crippen LogP contribution in [0.25, 0.3) is 0 Å². The maximum atomic E-state index is 11.4. The lowest BCUT2D eigenvalue weighted by Crippen LogP contribution is -2.50. The van der Waals surface area contributed by atoms with Crippen molar-refractivity contribution in [2.45, 2.75) is 44.4 Å². The van der Waals surface area contributed by atoms with Crippen LogP contribution in [0, 0.1) is 0 Å². The number of aliphatic hydroxyl groups is 1. The smallest absolute Gasteiger partial charge is 0.240 e. The Bertz CT molecular complexity index is 221. The maximum Gasteiger partial charge on any atom is 0.240 e. The third-order valence-electron chi connectivity index (χ3n) is 2.28. The molecule has 0 radical (unpaired) electrons. The molecule has 0 bridgehead atoms. The molecule has 94 valence electrons. The number of hydrogen-bond donors (Lipinski definition) is 4. The molecular weight excluding hydrogens is 210 g/mol. The summed E-state index contributed by atoms with van der Waals surface area (Å²) < 4.78 is 0. The van der Waals surface area contributed by atoms with Crippen LogP contribution in [0.5, 0.6) is 0 Å². The predicted octanol–water partition coefficient (Wildman–Crippen LogP) is -1.49. The van der Waals surface area contributed by atoms with Crippen LogP contribution in [0.2, 0.25) is 0 Å². The Morgan fingerprint density at radius 2 is 2.12 bits per heavy atom. The molecule has 0 aliphatic heterocycles. The van der Waals surface area contributed by atoms with Crippen LogP contribution < -0.4 is 16.8 Å². The first-order chi connectivity index (χ1) is 7.52. The van der Waals surface area contributed by atoms with E-state index in [2.05, 4.69) is 5.32 Å². The Hall–Kier alpha value is -0.980. The fourth-order valence-corrected chi connectivity index (χ4v) is 1.18. The van der Waals surface area contributed by atoms with Gasteiger partial charge >= 0.3 is 0 Å². The Morgan fingerprint density at radius 1 is 1.50 bits per heavy atom. The molecule has 0 aliphatic carbocycles. The highest BCUT2D eigenvalue weighted by Crippen LogP contribution is 1.99. The first-order valence-electron chi connectivity index (χ1n) is 5.42. The minimum atomic E-state index is -1.00. The molecule has 0 heterocycles. The Morgan fingerprint density at radius 3 is 2.56 bits per heavy atom. The monoisotopic (exact) mass is 231 g/mol.